The lowest BCUT2D eigenvalue weighted by molar-refractivity contribution is -0.461. The molecule has 0 atom stereocenters. The zero-order chi connectivity index (χ0) is 50.2. The van der Waals surface area contributed by atoms with E-state index in [0.717, 1.165) is 0 Å². The molecule has 0 heterocycles. The lowest BCUT2D eigenvalue weighted by atomic mass is 9.87. The van der Waals surface area contributed by atoms with Crippen LogP contribution in [0.1, 0.15) is 36.8 Å². The lowest BCUT2D eigenvalue weighted by Crippen LogP contribution is -2.74. The molecule has 0 amide bonds. The van der Waals surface area contributed by atoms with Gasteiger partial charge in [-0.1, -0.05) is 24.3 Å². The molecule has 0 radical (unpaired) electrons. The Morgan fingerprint density at radius 3 is 0.661 bits per heavy atom. The molecule has 0 saturated carbocycles. The van der Waals surface area contributed by atoms with Crippen molar-refractivity contribution in [1.29, 1.82) is 0 Å². The van der Waals surface area contributed by atoms with Crippen molar-refractivity contribution in [2.24, 2.45) is 0 Å². The normalized spacial score (nSPS) is 16.3. The van der Waals surface area contributed by atoms with E-state index < -0.39 is 145 Å². The molecule has 34 heteroatoms. The van der Waals surface area contributed by atoms with Crippen LogP contribution in [-0.2, 0) is 12.8 Å². The minimum Gasteiger partial charge on any atom is -0.200 e. The zero-order valence-corrected chi connectivity index (χ0v) is 28.4. The summed E-state index contributed by atoms with van der Waals surface area (Å²) in [4.78, 5) is 0. The topological polar surface area (TPSA) is 0 Å². The van der Waals surface area contributed by atoms with Crippen LogP contribution in [0, 0.1) is 0 Å². The number of hydrogen-bond acceptors (Lipinski definition) is 0. The summed E-state index contributed by atoms with van der Waals surface area (Å²) in [6, 6.07) is 2.35. The largest absolute Gasteiger partial charge is 0.460 e. The number of alkyl halides is 34. The maximum atomic E-state index is 14.2. The highest BCUT2D eigenvalue weighted by molar-refractivity contribution is 5.24. The Labute approximate surface area is 319 Å². The van der Waals surface area contributed by atoms with Gasteiger partial charge in [-0.3, -0.25) is 0 Å². The van der Waals surface area contributed by atoms with E-state index >= 15 is 0 Å². The molecule has 1 rings (SSSR count). The molecule has 0 saturated heterocycles. The van der Waals surface area contributed by atoms with Crippen LogP contribution in [0.2, 0.25) is 0 Å². The van der Waals surface area contributed by atoms with Crippen LogP contribution in [-0.4, -0.2) is 95.3 Å². The standard InChI is InChI=1S/C28H16F34/c29-13(30,15(33,34)17(37,38)19(41,42)21(45,46)23(49,50)25(53,54)27(57,58)59)8-2-6-11-4-1-5-12(10-11)7-3-9-14(31,32)16(35,36)18(39,40)20(43,44)22(47,48)24(51,52)26(55,56)28(60,61)62/h1,4-5,10H,2-3,6-9H2. The second-order valence-corrected chi connectivity index (χ2v) is 12.8. The van der Waals surface area contributed by atoms with E-state index in [9.17, 15) is 149 Å². The summed E-state index contributed by atoms with van der Waals surface area (Å²) in [7, 11) is 0. The molecule has 0 aliphatic rings. The Morgan fingerprint density at radius 1 is 0.258 bits per heavy atom. The third-order valence-corrected chi connectivity index (χ3v) is 8.48. The predicted molar refractivity (Wildman–Crippen MR) is 134 cm³/mol. The summed E-state index contributed by atoms with van der Waals surface area (Å²) in [6.45, 7) is 0. The summed E-state index contributed by atoms with van der Waals surface area (Å²) in [6.07, 6.45) is -28.0. The fourth-order valence-corrected chi connectivity index (χ4v) is 4.68. The molecular formula is C28H16F34. The van der Waals surface area contributed by atoms with Crippen LogP contribution in [0.25, 0.3) is 0 Å². The van der Waals surface area contributed by atoms with Gasteiger partial charge in [-0.2, -0.15) is 149 Å². The van der Waals surface area contributed by atoms with E-state index in [1.54, 1.807) is 0 Å². The number of halogens is 34. The molecule has 0 aromatic heterocycles. The SMILES string of the molecule is FC(F)(F)C(F)(F)C(F)(F)C(F)(F)C(F)(F)C(F)(F)C(F)(F)C(F)(F)CCCc1cccc(CCCC(F)(F)C(F)(F)C(F)(F)C(F)(F)C(F)(F)C(F)(F)C(F)(F)C(F)(F)F)c1. The van der Waals surface area contributed by atoms with Crippen molar-refractivity contribution in [3.8, 4) is 0 Å². The van der Waals surface area contributed by atoms with Crippen LogP contribution >= 0.6 is 0 Å². The van der Waals surface area contributed by atoms with E-state index in [-0.39, 0.29) is 0 Å². The van der Waals surface area contributed by atoms with Gasteiger partial charge in [0.15, 0.2) is 0 Å². The van der Waals surface area contributed by atoms with Gasteiger partial charge in [-0.05, 0) is 36.8 Å². The van der Waals surface area contributed by atoms with Gasteiger partial charge >= 0.3 is 95.3 Å². The predicted octanol–water partition coefficient (Wildman–Crippen LogP) is 14.4. The van der Waals surface area contributed by atoms with Gasteiger partial charge in [0.1, 0.15) is 0 Å². The van der Waals surface area contributed by atoms with Crippen molar-refractivity contribution in [3.63, 3.8) is 0 Å². The Bertz CT molecular complexity index is 1570. The second kappa shape index (κ2) is 15.8. The van der Waals surface area contributed by atoms with Gasteiger partial charge in [0.2, 0.25) is 0 Å². The Hall–Kier alpha value is -3.16. The van der Waals surface area contributed by atoms with Gasteiger partial charge in [0.05, 0.1) is 0 Å². The van der Waals surface area contributed by atoms with E-state index in [1.807, 2.05) is 0 Å². The molecule has 0 aliphatic carbocycles. The molecule has 0 aliphatic heterocycles. The van der Waals surface area contributed by atoms with Crippen LogP contribution in [0.15, 0.2) is 24.3 Å². The second-order valence-electron chi connectivity index (χ2n) is 12.8. The number of benzene rings is 1. The molecule has 0 fully saturated rings. The van der Waals surface area contributed by atoms with Gasteiger partial charge in [0, 0.05) is 12.8 Å². The Morgan fingerprint density at radius 2 is 0.452 bits per heavy atom. The van der Waals surface area contributed by atoms with Crippen LogP contribution in [0.5, 0.6) is 0 Å². The highest BCUT2D eigenvalue weighted by Gasteiger charge is 2.96. The highest BCUT2D eigenvalue weighted by atomic mass is 19.4. The molecule has 0 unspecified atom stereocenters. The molecule has 62 heavy (non-hydrogen) atoms. The maximum Gasteiger partial charge on any atom is 0.460 e. The number of aryl methyl sites for hydroxylation is 2. The highest BCUT2D eigenvalue weighted by Crippen LogP contribution is 2.66. The van der Waals surface area contributed by atoms with Crippen molar-refractivity contribution in [2.45, 2.75) is 134 Å². The maximum absolute atomic E-state index is 14.2. The van der Waals surface area contributed by atoms with Gasteiger partial charge in [-0.15, -0.1) is 0 Å². The van der Waals surface area contributed by atoms with Crippen molar-refractivity contribution in [3.05, 3.63) is 35.4 Å². The van der Waals surface area contributed by atoms with E-state index in [0.29, 0.717) is 24.3 Å². The third-order valence-electron chi connectivity index (χ3n) is 8.48. The minimum atomic E-state index is -8.90. The van der Waals surface area contributed by atoms with Crippen LogP contribution < -0.4 is 0 Å². The molecule has 0 spiro atoms. The molecule has 1 aromatic rings. The first kappa shape index (κ1) is 56.9. The average Bonchev–Trinajstić information content (AvgIpc) is 3.06. The minimum absolute atomic E-state index is 0.449. The van der Waals surface area contributed by atoms with E-state index in [2.05, 4.69) is 0 Å². The Kier molecular flexibility index (Phi) is 14.5. The van der Waals surface area contributed by atoms with E-state index in [4.69, 9.17) is 0 Å². The lowest BCUT2D eigenvalue weighted by Gasteiger charge is -2.42. The van der Waals surface area contributed by atoms with Crippen molar-refractivity contribution >= 4 is 0 Å². The molecule has 0 nitrogen and oxygen atoms in total. The van der Waals surface area contributed by atoms with Crippen molar-refractivity contribution in [2.75, 3.05) is 0 Å². The zero-order valence-electron chi connectivity index (χ0n) is 28.4. The van der Waals surface area contributed by atoms with Gasteiger partial charge in [0.25, 0.3) is 0 Å². The summed E-state index contributed by atoms with van der Waals surface area (Å²) in [5, 5.41) is 0. The van der Waals surface area contributed by atoms with Crippen molar-refractivity contribution in [1.82, 2.24) is 0 Å². The average molecular weight is 998 g/mol. The molecule has 366 valence electrons. The van der Waals surface area contributed by atoms with Crippen LogP contribution in [0.4, 0.5) is 149 Å². The molecular weight excluding hydrogens is 982 g/mol. The van der Waals surface area contributed by atoms with Crippen molar-refractivity contribution < 1.29 is 149 Å². The fraction of sp³-hybridized carbons (Fsp3) is 0.786. The summed E-state index contributed by atoms with van der Waals surface area (Å²) in [5.74, 6) is -117. The fourth-order valence-electron chi connectivity index (χ4n) is 4.68. The van der Waals surface area contributed by atoms with Gasteiger partial charge in [-0.25, -0.2) is 0 Å². The van der Waals surface area contributed by atoms with Gasteiger partial charge < -0.3 is 0 Å². The number of hydrogen-bond donors (Lipinski definition) is 0. The Balaban J connectivity index is 3.26. The number of rotatable bonds is 20. The monoisotopic (exact) mass is 998 g/mol. The first-order valence-corrected chi connectivity index (χ1v) is 15.2. The third kappa shape index (κ3) is 8.22. The summed E-state index contributed by atoms with van der Waals surface area (Å²) < 4.78 is 456. The quantitative estimate of drug-likeness (QED) is 0.114. The first-order valence-electron chi connectivity index (χ1n) is 15.2. The molecule has 0 bridgehead atoms. The summed E-state index contributed by atoms with van der Waals surface area (Å²) in [5.41, 5.74) is -1.33. The molecule has 1 aromatic carbocycles. The molecule has 0 N–H and O–H groups in total. The summed E-state index contributed by atoms with van der Waals surface area (Å²) >= 11 is 0. The first-order chi connectivity index (χ1) is 26.7. The smallest absolute Gasteiger partial charge is 0.200 e. The van der Waals surface area contributed by atoms with E-state index in [1.165, 1.54) is 0 Å². The van der Waals surface area contributed by atoms with Crippen LogP contribution in [0.3, 0.4) is 0 Å².